The summed E-state index contributed by atoms with van der Waals surface area (Å²) in [4.78, 5) is 39.6. The summed E-state index contributed by atoms with van der Waals surface area (Å²) in [6.07, 6.45) is 0. The quantitative estimate of drug-likeness (QED) is 0.425. The standard InChI is InChI=1S/C6H15N.C3H6ClN2O5P/c1-4-7(5-2)6-3;4-1(12(9,10)11)2(7)6-3(5)8/h4-6H2,1-3H3;1H,(H2,9,10,11)(H3,5,6,7,8). The van der Waals surface area contributed by atoms with Crippen molar-refractivity contribution in [3.8, 4) is 0 Å². The smallest absolute Gasteiger partial charge is 0.351 e. The number of nitrogens with one attached hydrogen (secondary N) is 1. The fraction of sp³-hybridized carbons (Fsp3) is 0.778. The van der Waals surface area contributed by atoms with Gasteiger partial charge in [-0.1, -0.05) is 32.4 Å². The molecule has 0 aliphatic carbocycles. The lowest BCUT2D eigenvalue weighted by Gasteiger charge is -2.13. The van der Waals surface area contributed by atoms with Gasteiger partial charge in [0, 0.05) is 0 Å². The fourth-order valence-electron chi connectivity index (χ4n) is 1.00. The van der Waals surface area contributed by atoms with Crippen molar-refractivity contribution in [2.45, 2.75) is 25.9 Å². The minimum absolute atomic E-state index is 1.19. The molecule has 0 spiro atoms. The summed E-state index contributed by atoms with van der Waals surface area (Å²) in [5.41, 5.74) is 4.49. The molecule has 0 aliphatic rings. The van der Waals surface area contributed by atoms with Crippen LogP contribution in [0.4, 0.5) is 4.79 Å². The molecule has 0 saturated carbocycles. The summed E-state index contributed by atoms with van der Waals surface area (Å²) >= 11 is 4.97. The molecule has 1 atom stereocenters. The molecule has 0 saturated heterocycles. The lowest BCUT2D eigenvalue weighted by atomic mass is 10.5. The van der Waals surface area contributed by atoms with E-state index in [-0.39, 0.29) is 0 Å². The summed E-state index contributed by atoms with van der Waals surface area (Å²) in [6.45, 7) is 10.1. The molecule has 114 valence electrons. The second kappa shape index (κ2) is 10.2. The molecule has 0 aromatic heterocycles. The number of carbonyl (C=O) groups is 2. The highest BCUT2D eigenvalue weighted by atomic mass is 35.5. The predicted molar refractivity (Wildman–Crippen MR) is 72.9 cm³/mol. The fourth-order valence-corrected chi connectivity index (χ4v) is 1.43. The predicted octanol–water partition coefficient (Wildman–Crippen LogP) is 0.272. The largest absolute Gasteiger partial charge is 0.352 e. The Labute approximate surface area is 117 Å². The first kappa shape index (κ1) is 20.7. The zero-order chi connectivity index (χ0) is 15.6. The number of hydrogen-bond acceptors (Lipinski definition) is 4. The van der Waals surface area contributed by atoms with Gasteiger partial charge in [0.25, 0.3) is 5.91 Å². The van der Waals surface area contributed by atoms with Crippen LogP contribution in [0.5, 0.6) is 0 Å². The Morgan fingerprint density at radius 2 is 1.63 bits per heavy atom. The Bertz CT molecular complexity index is 326. The maximum Gasteiger partial charge on any atom is 0.352 e. The molecule has 0 rings (SSSR count). The summed E-state index contributed by atoms with van der Waals surface area (Å²) < 4.78 is 10.3. The van der Waals surface area contributed by atoms with Crippen LogP contribution in [0.3, 0.4) is 0 Å². The molecule has 0 bridgehead atoms. The molecule has 8 nitrogen and oxygen atoms in total. The maximum absolute atomic E-state index is 10.6. The van der Waals surface area contributed by atoms with Crippen LogP contribution < -0.4 is 11.1 Å². The third kappa shape index (κ3) is 10.9. The highest BCUT2D eigenvalue weighted by Crippen LogP contribution is 2.43. The lowest BCUT2D eigenvalue weighted by Crippen LogP contribution is -2.39. The van der Waals surface area contributed by atoms with Gasteiger partial charge in [-0.05, 0) is 19.6 Å². The number of hydrogen-bond donors (Lipinski definition) is 4. The number of alkyl halides is 1. The van der Waals surface area contributed by atoms with Gasteiger partial charge in [0.15, 0.2) is 0 Å². The summed E-state index contributed by atoms with van der Waals surface area (Å²) in [6, 6.07) is -1.22. The van der Waals surface area contributed by atoms with E-state index in [0.29, 0.717) is 0 Å². The highest BCUT2D eigenvalue weighted by Gasteiger charge is 2.34. The van der Waals surface area contributed by atoms with Gasteiger partial charge >= 0.3 is 13.6 Å². The number of nitrogens with two attached hydrogens (primary N) is 1. The lowest BCUT2D eigenvalue weighted by molar-refractivity contribution is -0.118. The number of primary amides is 1. The first-order valence-corrected chi connectivity index (χ1v) is 7.73. The van der Waals surface area contributed by atoms with Crippen LogP contribution in [0.15, 0.2) is 0 Å². The van der Waals surface area contributed by atoms with Gasteiger partial charge in [-0.25, -0.2) is 4.79 Å². The van der Waals surface area contributed by atoms with Gasteiger partial charge in [0.1, 0.15) is 0 Å². The zero-order valence-electron chi connectivity index (χ0n) is 11.2. The van der Waals surface area contributed by atoms with Gasteiger partial charge < -0.3 is 20.4 Å². The van der Waals surface area contributed by atoms with Crippen LogP contribution in [0, 0.1) is 0 Å². The average molecular weight is 318 g/mol. The third-order valence-corrected chi connectivity index (χ3v) is 3.89. The summed E-state index contributed by atoms with van der Waals surface area (Å²) in [7, 11) is -4.72. The Morgan fingerprint density at radius 3 is 1.79 bits per heavy atom. The number of carbonyl (C=O) groups excluding carboxylic acids is 2. The molecule has 5 N–H and O–H groups in total. The van der Waals surface area contributed by atoms with Crippen LogP contribution >= 0.6 is 19.2 Å². The molecule has 0 aliphatic heterocycles. The van der Waals surface area contributed by atoms with E-state index in [1.165, 1.54) is 25.0 Å². The zero-order valence-corrected chi connectivity index (χ0v) is 12.8. The molecule has 19 heavy (non-hydrogen) atoms. The van der Waals surface area contributed by atoms with Crippen LogP contribution in [0.25, 0.3) is 0 Å². The maximum atomic E-state index is 10.6. The third-order valence-electron chi connectivity index (χ3n) is 2.10. The molecular weight excluding hydrogens is 297 g/mol. The number of halogens is 1. The second-order valence-corrected chi connectivity index (χ2v) is 5.83. The molecular formula is C9H21ClN3O5P. The van der Waals surface area contributed by atoms with Crippen molar-refractivity contribution in [2.24, 2.45) is 5.73 Å². The summed E-state index contributed by atoms with van der Waals surface area (Å²) in [5.74, 6) is -1.32. The van der Waals surface area contributed by atoms with Gasteiger partial charge in [-0.3, -0.25) is 14.7 Å². The van der Waals surface area contributed by atoms with E-state index in [1.54, 1.807) is 0 Å². The molecule has 0 radical (unpaired) electrons. The van der Waals surface area contributed by atoms with E-state index in [2.05, 4.69) is 31.4 Å². The first-order chi connectivity index (χ1) is 8.59. The van der Waals surface area contributed by atoms with E-state index in [1.807, 2.05) is 0 Å². The van der Waals surface area contributed by atoms with Gasteiger partial charge in [-0.15, -0.1) is 0 Å². The van der Waals surface area contributed by atoms with E-state index in [0.717, 1.165) is 0 Å². The molecule has 0 aromatic carbocycles. The molecule has 0 aromatic rings. The Kier molecular flexibility index (Phi) is 11.1. The minimum atomic E-state index is -4.72. The molecule has 0 heterocycles. The topological polar surface area (TPSA) is 133 Å². The Morgan fingerprint density at radius 1 is 1.26 bits per heavy atom. The van der Waals surface area contributed by atoms with Crippen molar-refractivity contribution >= 4 is 31.1 Å². The average Bonchev–Trinajstić information content (AvgIpc) is 2.29. The number of rotatable bonds is 5. The van der Waals surface area contributed by atoms with Crippen molar-refractivity contribution in [1.82, 2.24) is 10.2 Å². The molecule has 10 heteroatoms. The molecule has 3 amide bonds. The second-order valence-electron chi connectivity index (χ2n) is 3.40. The van der Waals surface area contributed by atoms with E-state index >= 15 is 0 Å². The van der Waals surface area contributed by atoms with E-state index < -0.39 is 24.7 Å². The number of amides is 3. The Hall–Kier alpha value is -0.660. The van der Waals surface area contributed by atoms with Crippen LogP contribution in [0.2, 0.25) is 0 Å². The number of urea groups is 1. The van der Waals surface area contributed by atoms with Crippen molar-refractivity contribution in [3.63, 3.8) is 0 Å². The van der Waals surface area contributed by atoms with Crippen molar-refractivity contribution in [1.29, 1.82) is 0 Å². The SMILES string of the molecule is CCN(CC)CC.NC(=O)NC(=O)C(Cl)P(=O)(O)O. The number of nitrogens with zero attached hydrogens (tertiary/aromatic N) is 1. The highest BCUT2D eigenvalue weighted by molar-refractivity contribution is 7.55. The normalized spacial score (nSPS) is 12.4. The van der Waals surface area contributed by atoms with Gasteiger partial charge in [0.05, 0.1) is 0 Å². The Balaban J connectivity index is 0. The van der Waals surface area contributed by atoms with Crippen molar-refractivity contribution in [2.75, 3.05) is 19.6 Å². The first-order valence-electron chi connectivity index (χ1n) is 5.61. The van der Waals surface area contributed by atoms with Crippen LogP contribution in [-0.2, 0) is 9.36 Å². The van der Waals surface area contributed by atoms with E-state index in [9.17, 15) is 14.2 Å². The van der Waals surface area contributed by atoms with Gasteiger partial charge in [0.2, 0.25) is 5.12 Å². The van der Waals surface area contributed by atoms with Crippen LogP contribution in [-0.4, -0.2) is 51.4 Å². The monoisotopic (exact) mass is 317 g/mol. The van der Waals surface area contributed by atoms with Crippen molar-refractivity contribution < 1.29 is 23.9 Å². The van der Waals surface area contributed by atoms with Gasteiger partial charge in [-0.2, -0.15) is 0 Å². The van der Waals surface area contributed by atoms with Crippen molar-refractivity contribution in [3.05, 3.63) is 0 Å². The minimum Gasteiger partial charge on any atom is -0.351 e. The molecule has 1 unspecified atom stereocenters. The van der Waals surface area contributed by atoms with E-state index in [4.69, 9.17) is 21.4 Å². The number of imide groups is 1. The van der Waals surface area contributed by atoms with Crippen LogP contribution in [0.1, 0.15) is 20.8 Å². The molecule has 0 fully saturated rings. The summed E-state index contributed by atoms with van der Waals surface area (Å²) in [5, 5.41) is -0.668.